The molecule has 2 aromatic rings. The van der Waals surface area contributed by atoms with Crippen LogP contribution in [-0.2, 0) is 23.9 Å². The van der Waals surface area contributed by atoms with Gasteiger partial charge in [0.1, 0.15) is 5.75 Å². The molecule has 2 aromatic carbocycles. The Labute approximate surface area is 256 Å². The number of carbonyl (C=O) groups excluding carboxylic acids is 3. The molecule has 1 amide bonds. The van der Waals surface area contributed by atoms with Crippen LogP contribution in [-0.4, -0.2) is 62.7 Å². The minimum Gasteiger partial charge on any atom is -0.493 e. The zero-order chi connectivity index (χ0) is 30.6. The molecule has 1 heterocycles. The van der Waals surface area contributed by atoms with Gasteiger partial charge < -0.3 is 34.3 Å². The molecule has 0 unspecified atom stereocenters. The largest absolute Gasteiger partial charge is 0.493 e. The van der Waals surface area contributed by atoms with Crippen LogP contribution in [0.15, 0.2) is 57.2 Å². The maximum absolute atomic E-state index is 12.7. The number of halogens is 1. The van der Waals surface area contributed by atoms with E-state index < -0.39 is 23.9 Å². The van der Waals surface area contributed by atoms with Crippen LogP contribution in [0.3, 0.4) is 0 Å². The van der Waals surface area contributed by atoms with Gasteiger partial charge >= 0.3 is 11.9 Å². The third kappa shape index (κ3) is 8.66. The molecule has 1 aliphatic heterocycles. The third-order valence-corrected chi connectivity index (χ3v) is 6.33. The van der Waals surface area contributed by atoms with Gasteiger partial charge in [-0.3, -0.25) is 4.79 Å². The summed E-state index contributed by atoms with van der Waals surface area (Å²) in [5, 5.41) is 10.4. The van der Waals surface area contributed by atoms with Crippen molar-refractivity contribution in [1.82, 2.24) is 16.1 Å². The van der Waals surface area contributed by atoms with E-state index >= 15 is 0 Å². The first-order valence-electron chi connectivity index (χ1n) is 12.8. The molecular weight excluding hydrogens is 632 g/mol. The number of methoxy groups -OCH3 is 1. The van der Waals surface area contributed by atoms with Gasteiger partial charge in [0, 0.05) is 21.3 Å². The normalized spacial score (nSPS) is 14.5. The smallest absolute Gasteiger partial charge is 0.344 e. The monoisotopic (exact) mass is 662 g/mol. The summed E-state index contributed by atoms with van der Waals surface area (Å²) >= 11 is 8.69. The number of esters is 2. The summed E-state index contributed by atoms with van der Waals surface area (Å²) in [6, 6.07) is 9.65. The molecule has 1 aliphatic rings. The first kappa shape index (κ1) is 32.3. The average molecular weight is 664 g/mol. The molecule has 14 heteroatoms. The lowest BCUT2D eigenvalue weighted by atomic mass is 9.95. The Morgan fingerprint density at radius 1 is 1.07 bits per heavy atom. The SMILES string of the molecule is CCOC(=O)COc1c(C=NNC(=O)COc2ccccc2[C@@H]2NC(=S)NC(C)=C2C(=O)OCC)cc(Br)cc1OC. The number of carbonyl (C=O) groups is 3. The van der Waals surface area contributed by atoms with Crippen LogP contribution in [0, 0.1) is 0 Å². The molecule has 224 valence electrons. The highest BCUT2D eigenvalue weighted by atomic mass is 79.9. The fourth-order valence-electron chi connectivity index (χ4n) is 3.93. The standard InChI is InChI=1S/C28H31BrN4O8S/c1-5-38-23(35)15-41-26-17(11-18(29)12-21(26)37-4)13-30-33-22(34)14-40-20-10-8-7-9-19(20)25-24(27(36)39-6-2)16(3)31-28(42)32-25/h7-13,25H,5-6,14-15H2,1-4H3,(H,33,34)(H2,31,32,42)/t25-/m0/s1. The molecule has 0 radical (unpaired) electrons. The van der Waals surface area contributed by atoms with Crippen molar-refractivity contribution in [2.45, 2.75) is 26.8 Å². The number of ether oxygens (including phenoxy) is 5. The quantitative estimate of drug-likeness (QED) is 0.126. The molecule has 3 N–H and O–H groups in total. The topological polar surface area (TPSA) is 146 Å². The van der Waals surface area contributed by atoms with Crippen molar-refractivity contribution in [1.29, 1.82) is 0 Å². The van der Waals surface area contributed by atoms with Gasteiger partial charge in [0.05, 0.1) is 38.2 Å². The van der Waals surface area contributed by atoms with Crippen LogP contribution in [0.25, 0.3) is 0 Å². The number of rotatable bonds is 13. The van der Waals surface area contributed by atoms with Crippen molar-refractivity contribution < 1.29 is 38.1 Å². The number of hydrogen-bond donors (Lipinski definition) is 3. The van der Waals surface area contributed by atoms with Crippen molar-refractivity contribution >= 4 is 57.3 Å². The summed E-state index contributed by atoms with van der Waals surface area (Å²) in [4.78, 5) is 37.1. The summed E-state index contributed by atoms with van der Waals surface area (Å²) in [7, 11) is 1.45. The Hall–Kier alpha value is -4.17. The minimum absolute atomic E-state index is 0.206. The lowest BCUT2D eigenvalue weighted by Gasteiger charge is -2.30. The van der Waals surface area contributed by atoms with Crippen LogP contribution >= 0.6 is 28.1 Å². The van der Waals surface area contributed by atoms with Crippen LogP contribution in [0.4, 0.5) is 0 Å². The van der Waals surface area contributed by atoms with Crippen molar-refractivity contribution in [2.75, 3.05) is 33.5 Å². The lowest BCUT2D eigenvalue weighted by molar-refractivity contribution is -0.145. The van der Waals surface area contributed by atoms with Gasteiger partial charge in [-0.2, -0.15) is 5.10 Å². The number of hydrogen-bond acceptors (Lipinski definition) is 10. The van der Waals surface area contributed by atoms with E-state index in [1.165, 1.54) is 13.3 Å². The van der Waals surface area contributed by atoms with Crippen LogP contribution in [0.1, 0.15) is 37.9 Å². The highest BCUT2D eigenvalue weighted by Crippen LogP contribution is 2.35. The van der Waals surface area contributed by atoms with Crippen molar-refractivity contribution in [3.8, 4) is 17.2 Å². The van der Waals surface area contributed by atoms with Crippen molar-refractivity contribution in [3.63, 3.8) is 0 Å². The van der Waals surface area contributed by atoms with Crippen LogP contribution in [0.5, 0.6) is 17.2 Å². The van der Waals surface area contributed by atoms with E-state index in [1.54, 1.807) is 57.2 Å². The van der Waals surface area contributed by atoms with Crippen LogP contribution < -0.4 is 30.3 Å². The van der Waals surface area contributed by atoms with Crippen molar-refractivity contribution in [3.05, 3.63) is 63.3 Å². The molecule has 0 saturated heterocycles. The predicted octanol–water partition coefficient (Wildman–Crippen LogP) is 3.28. The molecule has 0 aromatic heterocycles. The Morgan fingerprint density at radius 3 is 2.52 bits per heavy atom. The second-order valence-electron chi connectivity index (χ2n) is 8.53. The van der Waals surface area contributed by atoms with Crippen LogP contribution in [0.2, 0.25) is 0 Å². The zero-order valence-corrected chi connectivity index (χ0v) is 25.8. The number of thiocarbonyl (C=S) groups is 1. The second kappa shape index (κ2) is 15.7. The third-order valence-electron chi connectivity index (χ3n) is 5.65. The number of allylic oxidation sites excluding steroid dienone is 1. The van der Waals surface area contributed by atoms with E-state index in [0.717, 1.165) is 0 Å². The molecular formula is C28H31BrN4O8S. The Bertz CT molecular complexity index is 1400. The first-order valence-corrected chi connectivity index (χ1v) is 14.0. The summed E-state index contributed by atoms with van der Waals surface area (Å²) in [6.45, 7) is 4.86. The van der Waals surface area contributed by atoms with Gasteiger partial charge in [-0.15, -0.1) is 0 Å². The number of nitrogens with zero attached hydrogens (tertiary/aromatic N) is 1. The highest BCUT2D eigenvalue weighted by Gasteiger charge is 2.32. The molecule has 1 atom stereocenters. The number of hydrazone groups is 1. The van der Waals surface area contributed by atoms with Crippen molar-refractivity contribution in [2.24, 2.45) is 5.10 Å². The molecule has 42 heavy (non-hydrogen) atoms. The number of benzene rings is 2. The predicted molar refractivity (Wildman–Crippen MR) is 161 cm³/mol. The fourth-order valence-corrected chi connectivity index (χ4v) is 4.66. The van der Waals surface area contributed by atoms with Gasteiger partial charge in [0.15, 0.2) is 29.8 Å². The van der Waals surface area contributed by atoms with Gasteiger partial charge in [-0.25, -0.2) is 15.0 Å². The fraction of sp³-hybridized carbons (Fsp3) is 0.321. The Kier molecular flexibility index (Phi) is 12.1. The zero-order valence-electron chi connectivity index (χ0n) is 23.4. The molecule has 0 spiro atoms. The number of para-hydroxylation sites is 1. The average Bonchev–Trinajstić information content (AvgIpc) is 2.95. The van der Waals surface area contributed by atoms with Gasteiger partial charge in [0.25, 0.3) is 5.91 Å². The number of nitrogens with one attached hydrogen (secondary N) is 3. The maximum atomic E-state index is 12.7. The molecule has 12 nitrogen and oxygen atoms in total. The Balaban J connectivity index is 1.72. The van der Waals surface area contributed by atoms with Gasteiger partial charge in [-0.1, -0.05) is 34.1 Å². The van der Waals surface area contributed by atoms with Gasteiger partial charge in [0.2, 0.25) is 0 Å². The van der Waals surface area contributed by atoms with Gasteiger partial charge in [-0.05, 0) is 51.2 Å². The Morgan fingerprint density at radius 2 is 1.81 bits per heavy atom. The molecule has 3 rings (SSSR count). The summed E-state index contributed by atoms with van der Waals surface area (Å²) in [5.74, 6) is -0.649. The van der Waals surface area contributed by atoms with E-state index in [9.17, 15) is 14.4 Å². The van der Waals surface area contributed by atoms with E-state index in [4.69, 9.17) is 35.9 Å². The summed E-state index contributed by atoms with van der Waals surface area (Å²) in [5.41, 5.74) is 4.32. The highest BCUT2D eigenvalue weighted by molar-refractivity contribution is 9.10. The van der Waals surface area contributed by atoms with E-state index in [-0.39, 0.29) is 32.2 Å². The van der Waals surface area contributed by atoms with E-state index in [0.29, 0.717) is 43.5 Å². The lowest BCUT2D eigenvalue weighted by Crippen LogP contribution is -2.45. The molecule has 0 aliphatic carbocycles. The van der Waals surface area contributed by atoms with E-state index in [1.807, 2.05) is 0 Å². The first-order chi connectivity index (χ1) is 20.2. The van der Waals surface area contributed by atoms with E-state index in [2.05, 4.69) is 37.1 Å². The molecule has 0 saturated carbocycles. The maximum Gasteiger partial charge on any atom is 0.344 e. The minimum atomic E-state index is -0.658. The second-order valence-corrected chi connectivity index (χ2v) is 9.85. The molecule has 0 bridgehead atoms. The molecule has 0 fully saturated rings. The summed E-state index contributed by atoms with van der Waals surface area (Å²) in [6.07, 6.45) is 1.35. The summed E-state index contributed by atoms with van der Waals surface area (Å²) < 4.78 is 27.6. The number of amides is 1.